The van der Waals surface area contributed by atoms with Crippen molar-refractivity contribution in [1.82, 2.24) is 10.2 Å². The van der Waals surface area contributed by atoms with Crippen LogP contribution in [0.15, 0.2) is 4.99 Å². The predicted octanol–water partition coefficient (Wildman–Crippen LogP) is 2.44. The topological polar surface area (TPSA) is 27.6 Å². The Morgan fingerprint density at radius 2 is 2.11 bits per heavy atom. The van der Waals surface area contributed by atoms with E-state index in [1.165, 1.54) is 37.5 Å². The minimum atomic E-state index is 0.713. The first-order valence-corrected chi connectivity index (χ1v) is 8.15. The van der Waals surface area contributed by atoms with E-state index in [4.69, 9.17) is 0 Å². The van der Waals surface area contributed by atoms with Crippen molar-refractivity contribution in [2.45, 2.75) is 38.4 Å². The lowest BCUT2D eigenvalue weighted by Crippen LogP contribution is -2.36. The molecule has 0 amide bonds. The van der Waals surface area contributed by atoms with Crippen molar-refractivity contribution < 1.29 is 0 Å². The first-order valence-electron chi connectivity index (χ1n) is 7.27. The Hall–Kier alpha value is -0.220. The molecular weight excluding hydrogens is 242 g/mol. The Morgan fingerprint density at radius 3 is 2.78 bits per heavy atom. The summed E-state index contributed by atoms with van der Waals surface area (Å²) in [6.45, 7) is 9.23. The van der Waals surface area contributed by atoms with E-state index in [0.717, 1.165) is 24.9 Å². The van der Waals surface area contributed by atoms with Crippen molar-refractivity contribution in [3.05, 3.63) is 0 Å². The van der Waals surface area contributed by atoms with Crippen molar-refractivity contribution in [1.29, 1.82) is 0 Å². The van der Waals surface area contributed by atoms with Crippen LogP contribution in [0.5, 0.6) is 0 Å². The van der Waals surface area contributed by atoms with Gasteiger partial charge in [0.2, 0.25) is 0 Å². The Bertz CT molecular complexity index is 283. The lowest BCUT2D eigenvalue weighted by molar-refractivity contribution is 0.220. The predicted molar refractivity (Wildman–Crippen MR) is 81.4 cm³/mol. The molecule has 3 nitrogen and oxygen atoms in total. The smallest absolute Gasteiger partial charge is 0.156 e. The van der Waals surface area contributed by atoms with Gasteiger partial charge in [0, 0.05) is 11.8 Å². The number of hydrogen-bond acceptors (Lipinski definition) is 4. The second kappa shape index (κ2) is 6.80. The molecule has 0 aromatic heterocycles. The third kappa shape index (κ3) is 4.47. The molecule has 0 spiro atoms. The lowest BCUT2D eigenvalue weighted by atomic mass is 9.97. The van der Waals surface area contributed by atoms with Crippen molar-refractivity contribution in [2.24, 2.45) is 16.8 Å². The second-order valence-electron chi connectivity index (χ2n) is 6.14. The van der Waals surface area contributed by atoms with Crippen LogP contribution in [-0.4, -0.2) is 48.5 Å². The first kappa shape index (κ1) is 14.2. The fourth-order valence-electron chi connectivity index (χ4n) is 2.66. The van der Waals surface area contributed by atoms with Gasteiger partial charge in [-0.05, 0) is 51.2 Å². The number of piperidine rings is 1. The van der Waals surface area contributed by atoms with Gasteiger partial charge in [-0.2, -0.15) is 0 Å². The van der Waals surface area contributed by atoms with E-state index in [1.54, 1.807) is 0 Å². The van der Waals surface area contributed by atoms with E-state index < -0.39 is 0 Å². The summed E-state index contributed by atoms with van der Waals surface area (Å²) < 4.78 is 0. The normalized spacial score (nSPS) is 26.7. The quantitative estimate of drug-likeness (QED) is 0.849. The maximum absolute atomic E-state index is 4.63. The first-order chi connectivity index (χ1) is 8.63. The van der Waals surface area contributed by atoms with E-state index in [-0.39, 0.29) is 0 Å². The van der Waals surface area contributed by atoms with Crippen LogP contribution in [0, 0.1) is 11.8 Å². The van der Waals surface area contributed by atoms with Crippen molar-refractivity contribution in [2.75, 3.05) is 33.2 Å². The summed E-state index contributed by atoms with van der Waals surface area (Å²) in [4.78, 5) is 7.06. The van der Waals surface area contributed by atoms with Gasteiger partial charge in [0.15, 0.2) is 5.17 Å². The van der Waals surface area contributed by atoms with E-state index in [9.17, 15) is 0 Å². The van der Waals surface area contributed by atoms with Gasteiger partial charge in [-0.25, -0.2) is 0 Å². The van der Waals surface area contributed by atoms with Crippen molar-refractivity contribution >= 4 is 16.9 Å². The van der Waals surface area contributed by atoms with Crippen LogP contribution < -0.4 is 5.32 Å². The summed E-state index contributed by atoms with van der Waals surface area (Å²) in [7, 11) is 2.22. The van der Waals surface area contributed by atoms with Crippen LogP contribution in [-0.2, 0) is 0 Å². The van der Waals surface area contributed by atoms with Gasteiger partial charge in [-0.15, -0.1) is 0 Å². The molecule has 2 aliphatic heterocycles. The zero-order valence-electron chi connectivity index (χ0n) is 12.0. The molecule has 0 radical (unpaired) electrons. The maximum atomic E-state index is 4.63. The molecule has 1 unspecified atom stereocenters. The third-order valence-corrected chi connectivity index (χ3v) is 5.00. The van der Waals surface area contributed by atoms with Gasteiger partial charge >= 0.3 is 0 Å². The molecule has 0 aromatic rings. The Kier molecular flexibility index (Phi) is 5.37. The molecule has 1 N–H and O–H groups in total. The van der Waals surface area contributed by atoms with E-state index in [1.807, 2.05) is 11.8 Å². The maximum Gasteiger partial charge on any atom is 0.156 e. The van der Waals surface area contributed by atoms with Crippen LogP contribution in [0.1, 0.15) is 33.1 Å². The summed E-state index contributed by atoms with van der Waals surface area (Å²) >= 11 is 1.96. The minimum Gasteiger partial charge on any atom is -0.365 e. The highest BCUT2D eigenvalue weighted by Gasteiger charge is 2.22. The molecular formula is C14H27N3S. The largest absolute Gasteiger partial charge is 0.365 e. The fraction of sp³-hybridized carbons (Fsp3) is 0.929. The summed E-state index contributed by atoms with van der Waals surface area (Å²) in [6, 6.07) is 0. The lowest BCUT2D eigenvalue weighted by Gasteiger charge is -2.29. The molecule has 0 aliphatic carbocycles. The molecule has 0 bridgehead atoms. The molecule has 4 heteroatoms. The van der Waals surface area contributed by atoms with Gasteiger partial charge in [-0.3, -0.25) is 4.99 Å². The standard InChI is InChI=1S/C14H27N3S/c1-11(2)8-13-10-16-14(18-13)15-9-12-4-6-17(3)7-5-12/h11-13H,4-10H2,1-3H3,(H,15,16). The minimum absolute atomic E-state index is 0.713. The van der Waals surface area contributed by atoms with Crippen molar-refractivity contribution in [3.8, 4) is 0 Å². The molecule has 18 heavy (non-hydrogen) atoms. The molecule has 0 saturated carbocycles. The van der Waals surface area contributed by atoms with Gasteiger partial charge in [-0.1, -0.05) is 25.6 Å². The van der Waals surface area contributed by atoms with Gasteiger partial charge in [0.1, 0.15) is 0 Å². The Morgan fingerprint density at radius 1 is 1.39 bits per heavy atom. The summed E-state index contributed by atoms with van der Waals surface area (Å²) in [6.07, 6.45) is 3.95. The van der Waals surface area contributed by atoms with Crippen LogP contribution in [0.3, 0.4) is 0 Å². The summed E-state index contributed by atoms with van der Waals surface area (Å²) in [5.74, 6) is 1.62. The van der Waals surface area contributed by atoms with Crippen LogP contribution in [0.25, 0.3) is 0 Å². The molecule has 1 atom stereocenters. The fourth-order valence-corrected chi connectivity index (χ4v) is 3.92. The zero-order valence-corrected chi connectivity index (χ0v) is 12.8. The number of nitrogens with one attached hydrogen (secondary N) is 1. The highest BCUT2D eigenvalue weighted by atomic mass is 32.2. The van der Waals surface area contributed by atoms with Gasteiger partial charge < -0.3 is 10.2 Å². The molecule has 0 aromatic carbocycles. The number of thioether (sulfide) groups is 1. The molecule has 1 saturated heterocycles. The number of hydrogen-bond donors (Lipinski definition) is 1. The van der Waals surface area contributed by atoms with E-state index in [0.29, 0.717) is 5.25 Å². The third-order valence-electron chi connectivity index (χ3n) is 3.83. The SMILES string of the molecule is CC(C)CC1CN=C(NCC2CCN(C)CC2)S1. The zero-order chi connectivity index (χ0) is 13.0. The van der Waals surface area contributed by atoms with E-state index in [2.05, 4.69) is 36.1 Å². The van der Waals surface area contributed by atoms with Crippen LogP contribution >= 0.6 is 11.8 Å². The summed E-state index contributed by atoms with van der Waals surface area (Å²) in [5, 5.41) is 5.47. The van der Waals surface area contributed by atoms with Crippen molar-refractivity contribution in [3.63, 3.8) is 0 Å². The highest BCUT2D eigenvalue weighted by molar-refractivity contribution is 8.14. The van der Waals surface area contributed by atoms with Crippen LogP contribution in [0.2, 0.25) is 0 Å². The van der Waals surface area contributed by atoms with Gasteiger partial charge in [0.25, 0.3) is 0 Å². The molecule has 1 fully saturated rings. The number of nitrogens with zero attached hydrogens (tertiary/aromatic N) is 2. The highest BCUT2D eigenvalue weighted by Crippen LogP contribution is 2.25. The van der Waals surface area contributed by atoms with Crippen LogP contribution in [0.4, 0.5) is 0 Å². The van der Waals surface area contributed by atoms with E-state index >= 15 is 0 Å². The molecule has 2 rings (SSSR count). The van der Waals surface area contributed by atoms with Gasteiger partial charge in [0.05, 0.1) is 6.54 Å². The number of rotatable bonds is 4. The Labute approximate surface area is 116 Å². The second-order valence-corrected chi connectivity index (χ2v) is 7.43. The molecule has 2 heterocycles. The number of amidine groups is 1. The summed E-state index contributed by atoms with van der Waals surface area (Å²) in [5.41, 5.74) is 0. The number of aliphatic imine (C=N–C) groups is 1. The Balaban J connectivity index is 1.63. The monoisotopic (exact) mass is 269 g/mol. The average Bonchev–Trinajstić information content (AvgIpc) is 2.75. The molecule has 104 valence electrons. The number of likely N-dealkylation sites (tertiary alicyclic amines) is 1. The molecule has 2 aliphatic rings. The average molecular weight is 269 g/mol.